The molecule has 0 saturated carbocycles. The van der Waals surface area contributed by atoms with Crippen LogP contribution in [-0.2, 0) is 25.8 Å². The molecule has 4 heteroatoms. The topological polar surface area (TPSA) is 20.3 Å². The van der Waals surface area contributed by atoms with E-state index >= 15 is 0 Å². The van der Waals surface area contributed by atoms with E-state index in [0.29, 0.717) is 11.8 Å². The molecule has 15 heavy (non-hydrogen) atoms. The average Bonchev–Trinajstić information content (AvgIpc) is 2.01. The summed E-state index contributed by atoms with van der Waals surface area (Å²) < 4.78 is 0. The summed E-state index contributed by atoms with van der Waals surface area (Å²) in [6, 6.07) is 0. The van der Waals surface area contributed by atoms with Crippen LogP contribution in [0.25, 0.3) is 0 Å². The number of nitrogens with zero attached hydrogens (tertiary/aromatic N) is 1. The van der Waals surface area contributed by atoms with Gasteiger partial charge in [0.1, 0.15) is 0 Å². The van der Waals surface area contributed by atoms with Crippen molar-refractivity contribution in [3.8, 4) is 0 Å². The molecular formula is C11H23HfNOS. The Kier molecular flexibility index (Phi) is 11.9. The maximum absolute atomic E-state index is 11.7. The quantitative estimate of drug-likeness (QED) is 0.664. The summed E-state index contributed by atoms with van der Waals surface area (Å²) >= 11 is 1.41. The maximum Gasteiger partial charge on any atom is 0.281 e. The molecule has 0 aromatic carbocycles. The van der Waals surface area contributed by atoms with Gasteiger partial charge in [-0.25, -0.2) is 0 Å². The largest absolute Gasteiger partial charge is 0.333 e. The Morgan fingerprint density at radius 1 is 1.13 bits per heavy atom. The summed E-state index contributed by atoms with van der Waals surface area (Å²) in [6.07, 6.45) is 0. The van der Waals surface area contributed by atoms with Crippen molar-refractivity contribution in [1.82, 2.24) is 4.90 Å². The van der Waals surface area contributed by atoms with Gasteiger partial charge >= 0.3 is 0 Å². The molecule has 0 aliphatic carbocycles. The van der Waals surface area contributed by atoms with Crippen LogP contribution in [0.5, 0.6) is 0 Å². The third-order valence-electron chi connectivity index (χ3n) is 1.70. The Labute approximate surface area is 117 Å². The molecule has 0 fully saturated rings. The molecule has 0 bridgehead atoms. The molecular weight excluding hydrogens is 373 g/mol. The van der Waals surface area contributed by atoms with E-state index in [9.17, 15) is 4.79 Å². The molecule has 2 nitrogen and oxygen atoms in total. The van der Waals surface area contributed by atoms with Gasteiger partial charge in [0.05, 0.1) is 0 Å². The third-order valence-corrected chi connectivity index (χ3v) is 2.49. The zero-order valence-corrected chi connectivity index (χ0v) is 14.9. The summed E-state index contributed by atoms with van der Waals surface area (Å²) in [6.45, 7) is 12.4. The molecule has 0 atom stereocenters. The van der Waals surface area contributed by atoms with Gasteiger partial charge in [0.15, 0.2) is 0 Å². The SMILES string of the molecule is CCSC(=O)N(CC(C)C)CC(C)C.[Hf]. The van der Waals surface area contributed by atoms with E-state index in [4.69, 9.17) is 0 Å². The number of carbonyl (C=O) groups excluding carboxylic acids is 1. The van der Waals surface area contributed by atoms with E-state index in [0.717, 1.165) is 18.8 Å². The number of hydrogen-bond donors (Lipinski definition) is 0. The number of rotatable bonds is 5. The van der Waals surface area contributed by atoms with Crippen molar-refractivity contribution in [2.75, 3.05) is 18.8 Å². The fourth-order valence-corrected chi connectivity index (χ4v) is 1.90. The molecule has 0 spiro atoms. The Morgan fingerprint density at radius 3 is 1.80 bits per heavy atom. The molecule has 1 amide bonds. The minimum Gasteiger partial charge on any atom is -0.333 e. The normalized spacial score (nSPS) is 10.3. The molecule has 0 aromatic rings. The number of thioether (sulfide) groups is 1. The molecule has 0 rings (SSSR count). The Balaban J connectivity index is 0. The molecule has 0 aromatic heterocycles. The van der Waals surface area contributed by atoms with Crippen LogP contribution in [-0.4, -0.2) is 29.0 Å². The van der Waals surface area contributed by atoms with Crippen LogP contribution < -0.4 is 0 Å². The van der Waals surface area contributed by atoms with Crippen LogP contribution >= 0.6 is 11.8 Å². The second-order valence-electron chi connectivity index (χ2n) is 4.39. The molecule has 0 heterocycles. The first-order chi connectivity index (χ1) is 6.47. The Hall–Kier alpha value is 0.690. The van der Waals surface area contributed by atoms with Crippen molar-refractivity contribution in [2.24, 2.45) is 11.8 Å². The molecule has 0 unspecified atom stereocenters. The zero-order chi connectivity index (χ0) is 11.1. The van der Waals surface area contributed by atoms with Gasteiger partial charge in [-0.05, 0) is 17.6 Å². The van der Waals surface area contributed by atoms with Crippen molar-refractivity contribution in [3.63, 3.8) is 0 Å². The van der Waals surface area contributed by atoms with Crippen LogP contribution in [0, 0.1) is 11.8 Å². The molecule has 0 N–H and O–H groups in total. The van der Waals surface area contributed by atoms with Gasteiger partial charge in [-0.3, -0.25) is 4.79 Å². The number of carbonyl (C=O) groups is 1. The van der Waals surface area contributed by atoms with Crippen molar-refractivity contribution >= 4 is 17.0 Å². The van der Waals surface area contributed by atoms with Gasteiger partial charge in [-0.2, -0.15) is 0 Å². The van der Waals surface area contributed by atoms with E-state index in [2.05, 4.69) is 27.7 Å². The Morgan fingerprint density at radius 2 is 1.53 bits per heavy atom. The van der Waals surface area contributed by atoms with Crippen molar-refractivity contribution in [1.29, 1.82) is 0 Å². The molecule has 0 saturated heterocycles. The Bertz CT molecular complexity index is 164. The first kappa shape index (κ1) is 18.1. The predicted molar refractivity (Wildman–Crippen MR) is 64.8 cm³/mol. The summed E-state index contributed by atoms with van der Waals surface area (Å²) in [7, 11) is 0. The smallest absolute Gasteiger partial charge is 0.281 e. The second kappa shape index (κ2) is 9.88. The number of amides is 1. The van der Waals surface area contributed by atoms with E-state index in [-0.39, 0.29) is 31.1 Å². The van der Waals surface area contributed by atoms with Crippen LogP contribution in [0.3, 0.4) is 0 Å². The average molecular weight is 396 g/mol. The summed E-state index contributed by atoms with van der Waals surface area (Å²) in [4.78, 5) is 13.7. The molecule has 0 aliphatic heterocycles. The van der Waals surface area contributed by atoms with Gasteiger partial charge in [-0.15, -0.1) is 0 Å². The number of hydrogen-bond acceptors (Lipinski definition) is 2. The summed E-state index contributed by atoms with van der Waals surface area (Å²) in [5, 5.41) is 0.231. The van der Waals surface area contributed by atoms with Crippen LogP contribution in [0.2, 0.25) is 0 Å². The van der Waals surface area contributed by atoms with Gasteiger partial charge < -0.3 is 4.90 Å². The fourth-order valence-electron chi connectivity index (χ4n) is 1.32. The van der Waals surface area contributed by atoms with Gasteiger partial charge in [0.25, 0.3) is 5.24 Å². The predicted octanol–water partition coefficient (Wildman–Crippen LogP) is 3.47. The van der Waals surface area contributed by atoms with E-state index < -0.39 is 0 Å². The molecule has 0 aliphatic rings. The van der Waals surface area contributed by atoms with E-state index in [1.807, 2.05) is 11.8 Å². The van der Waals surface area contributed by atoms with Crippen molar-refractivity contribution in [2.45, 2.75) is 34.6 Å². The monoisotopic (exact) mass is 397 g/mol. The van der Waals surface area contributed by atoms with Gasteiger partial charge in [0.2, 0.25) is 0 Å². The maximum atomic E-state index is 11.7. The minimum atomic E-state index is 0. The second-order valence-corrected chi connectivity index (χ2v) is 5.61. The summed E-state index contributed by atoms with van der Waals surface area (Å²) in [5.74, 6) is 1.97. The fraction of sp³-hybridized carbons (Fsp3) is 0.909. The van der Waals surface area contributed by atoms with Crippen LogP contribution in [0.15, 0.2) is 0 Å². The standard InChI is InChI=1S/C11H23NOS.Hf/c1-6-14-11(13)12(7-9(2)3)8-10(4)5;/h9-10H,6-8H2,1-5H3;. The van der Waals surface area contributed by atoms with Crippen molar-refractivity contribution in [3.05, 3.63) is 0 Å². The van der Waals surface area contributed by atoms with Crippen LogP contribution in [0.1, 0.15) is 34.6 Å². The first-order valence-electron chi connectivity index (χ1n) is 5.39. The van der Waals surface area contributed by atoms with E-state index in [1.165, 1.54) is 11.8 Å². The van der Waals surface area contributed by atoms with Crippen molar-refractivity contribution < 1.29 is 30.6 Å². The van der Waals surface area contributed by atoms with Crippen LogP contribution in [0.4, 0.5) is 4.79 Å². The van der Waals surface area contributed by atoms with E-state index in [1.54, 1.807) is 0 Å². The van der Waals surface area contributed by atoms with Gasteiger partial charge in [0, 0.05) is 38.9 Å². The summed E-state index contributed by atoms with van der Waals surface area (Å²) in [5.41, 5.74) is 0. The third kappa shape index (κ3) is 9.61. The first-order valence-corrected chi connectivity index (χ1v) is 6.37. The zero-order valence-electron chi connectivity index (χ0n) is 10.5. The molecule has 88 valence electrons. The molecule has 0 radical (unpaired) electrons. The minimum absolute atomic E-state index is 0. The van der Waals surface area contributed by atoms with Gasteiger partial charge in [-0.1, -0.05) is 46.4 Å².